The molecule has 0 aliphatic rings. The largest absolute Gasteiger partial charge is 0.478 e. The third-order valence-corrected chi connectivity index (χ3v) is 3.07. The highest BCUT2D eigenvalue weighted by Gasteiger charge is 2.14. The van der Waals surface area contributed by atoms with Crippen molar-refractivity contribution in [2.24, 2.45) is 0 Å². The van der Waals surface area contributed by atoms with Gasteiger partial charge in [0.15, 0.2) is 0 Å². The maximum Gasteiger partial charge on any atom is 0.260 e. The number of rotatable bonds is 2. The van der Waals surface area contributed by atoms with Crippen molar-refractivity contribution in [2.45, 2.75) is 13.3 Å². The smallest absolute Gasteiger partial charge is 0.260 e. The monoisotopic (exact) mass is 262 g/mol. The maximum atomic E-state index is 5.99. The Morgan fingerprint density at radius 1 is 1.33 bits per heavy atom. The van der Waals surface area contributed by atoms with Crippen molar-refractivity contribution in [3.05, 3.63) is 29.0 Å². The molecule has 0 amide bonds. The molecule has 3 aromatic rings. The van der Waals surface area contributed by atoms with Gasteiger partial charge in [0, 0.05) is 11.4 Å². The predicted octanol–water partition coefficient (Wildman–Crippen LogP) is 2.50. The van der Waals surface area contributed by atoms with E-state index in [0.29, 0.717) is 16.5 Å². The average Bonchev–Trinajstić information content (AvgIpc) is 2.81. The zero-order chi connectivity index (χ0) is 12.7. The molecule has 0 saturated carbocycles. The van der Waals surface area contributed by atoms with E-state index in [-0.39, 0.29) is 0 Å². The van der Waals surface area contributed by atoms with Crippen LogP contribution in [0.1, 0.15) is 12.7 Å². The van der Waals surface area contributed by atoms with Crippen molar-refractivity contribution in [3.63, 3.8) is 0 Å². The van der Waals surface area contributed by atoms with E-state index in [1.165, 1.54) is 0 Å². The first-order valence-electron chi connectivity index (χ1n) is 5.62. The normalized spacial score (nSPS) is 11.3. The quantitative estimate of drug-likeness (QED) is 0.712. The van der Waals surface area contributed by atoms with Gasteiger partial charge in [-0.1, -0.05) is 18.5 Å². The molecule has 2 aromatic heterocycles. The van der Waals surface area contributed by atoms with Crippen molar-refractivity contribution in [1.29, 1.82) is 0 Å². The summed E-state index contributed by atoms with van der Waals surface area (Å²) >= 11 is 5.99. The van der Waals surface area contributed by atoms with E-state index in [4.69, 9.17) is 16.3 Å². The molecular weight excluding hydrogens is 252 g/mol. The van der Waals surface area contributed by atoms with E-state index in [9.17, 15) is 0 Å². The van der Waals surface area contributed by atoms with Crippen LogP contribution in [0.5, 0.6) is 5.88 Å². The number of nitrogens with zero attached hydrogens (tertiary/aromatic N) is 4. The molecule has 0 aliphatic carbocycles. The van der Waals surface area contributed by atoms with E-state index in [1.807, 2.05) is 23.5 Å². The molecule has 0 spiro atoms. The molecule has 0 fully saturated rings. The lowest BCUT2D eigenvalue weighted by Gasteiger charge is -2.07. The number of aryl methyl sites for hydroxylation is 1. The van der Waals surface area contributed by atoms with Crippen LogP contribution in [0.25, 0.3) is 16.7 Å². The number of hydrogen-bond acceptors (Lipinski definition) is 4. The van der Waals surface area contributed by atoms with Crippen molar-refractivity contribution < 1.29 is 4.74 Å². The molecule has 5 nitrogen and oxygen atoms in total. The molecule has 3 rings (SSSR count). The molecule has 92 valence electrons. The zero-order valence-electron chi connectivity index (χ0n) is 10.0. The van der Waals surface area contributed by atoms with Gasteiger partial charge in [0.2, 0.25) is 5.65 Å². The van der Waals surface area contributed by atoms with Crippen molar-refractivity contribution in [1.82, 2.24) is 19.6 Å². The minimum absolute atomic E-state index is 0.456. The van der Waals surface area contributed by atoms with Gasteiger partial charge in [-0.15, -0.1) is 10.2 Å². The highest BCUT2D eigenvalue weighted by atomic mass is 35.5. The lowest BCUT2D eigenvalue weighted by molar-refractivity contribution is 0.402. The molecule has 18 heavy (non-hydrogen) atoms. The number of benzene rings is 1. The van der Waals surface area contributed by atoms with Gasteiger partial charge in [-0.05, 0) is 18.2 Å². The van der Waals surface area contributed by atoms with Gasteiger partial charge in [-0.25, -0.2) is 4.98 Å². The summed E-state index contributed by atoms with van der Waals surface area (Å²) in [6, 6.07) is 5.55. The Morgan fingerprint density at radius 3 is 2.89 bits per heavy atom. The van der Waals surface area contributed by atoms with Crippen LogP contribution in [0.3, 0.4) is 0 Å². The Balaban J connectivity index is 2.52. The van der Waals surface area contributed by atoms with Crippen LogP contribution >= 0.6 is 11.6 Å². The molecule has 0 atom stereocenters. The summed E-state index contributed by atoms with van der Waals surface area (Å²) in [6.45, 7) is 2.03. The second-order valence-electron chi connectivity index (χ2n) is 3.88. The van der Waals surface area contributed by atoms with Gasteiger partial charge in [-0.3, -0.25) is 4.40 Å². The first-order chi connectivity index (χ1) is 8.74. The second kappa shape index (κ2) is 4.10. The molecule has 1 aromatic carbocycles. The lowest BCUT2D eigenvalue weighted by Crippen LogP contribution is -1.99. The summed E-state index contributed by atoms with van der Waals surface area (Å²) in [7, 11) is 1.57. The van der Waals surface area contributed by atoms with Crippen LogP contribution in [0, 0.1) is 0 Å². The highest BCUT2D eigenvalue weighted by Crippen LogP contribution is 2.25. The first-order valence-corrected chi connectivity index (χ1v) is 5.99. The number of methoxy groups -OCH3 is 1. The Labute approximate surface area is 108 Å². The molecule has 0 N–H and O–H groups in total. The van der Waals surface area contributed by atoms with E-state index >= 15 is 0 Å². The van der Waals surface area contributed by atoms with Gasteiger partial charge in [0.25, 0.3) is 5.88 Å². The van der Waals surface area contributed by atoms with Gasteiger partial charge < -0.3 is 4.74 Å². The van der Waals surface area contributed by atoms with Crippen molar-refractivity contribution >= 4 is 28.3 Å². The Hall–Kier alpha value is -1.88. The average molecular weight is 263 g/mol. The van der Waals surface area contributed by atoms with Crippen LogP contribution < -0.4 is 4.74 Å². The topological polar surface area (TPSA) is 52.3 Å². The molecule has 0 aliphatic heterocycles. The number of aromatic nitrogens is 4. The molecule has 6 heteroatoms. The standard InChI is InChI=1S/C12H11ClN4O/c1-3-10-15-16-11-12(18-2)14-8-6-7(13)4-5-9(8)17(10)11/h4-6H,3H2,1-2H3. The molecular formula is C12H11ClN4O. The molecule has 0 radical (unpaired) electrons. The van der Waals surface area contributed by atoms with Crippen molar-refractivity contribution in [3.8, 4) is 5.88 Å². The summed E-state index contributed by atoms with van der Waals surface area (Å²) in [5.74, 6) is 1.33. The first kappa shape index (κ1) is 11.2. The highest BCUT2D eigenvalue weighted by molar-refractivity contribution is 6.31. The van der Waals surface area contributed by atoms with Gasteiger partial charge in [0.05, 0.1) is 18.1 Å². The van der Waals surface area contributed by atoms with Crippen molar-refractivity contribution in [2.75, 3.05) is 7.11 Å². The van der Waals surface area contributed by atoms with Crippen LogP contribution in [0.2, 0.25) is 5.02 Å². The van der Waals surface area contributed by atoms with Gasteiger partial charge in [0.1, 0.15) is 5.82 Å². The summed E-state index contributed by atoms with van der Waals surface area (Å²) in [5, 5.41) is 8.92. The van der Waals surface area contributed by atoms with Crippen LogP contribution in [0.4, 0.5) is 0 Å². The molecule has 0 saturated heterocycles. The fourth-order valence-corrected chi connectivity index (χ4v) is 2.18. The van der Waals surface area contributed by atoms with Gasteiger partial charge >= 0.3 is 0 Å². The summed E-state index contributed by atoms with van der Waals surface area (Å²) in [6.07, 6.45) is 0.784. The molecule has 0 unspecified atom stereocenters. The van der Waals surface area contributed by atoms with Crippen LogP contribution in [-0.2, 0) is 6.42 Å². The van der Waals surface area contributed by atoms with Crippen LogP contribution in [0.15, 0.2) is 18.2 Å². The summed E-state index contributed by atoms with van der Waals surface area (Å²) < 4.78 is 7.21. The fraction of sp³-hybridized carbons (Fsp3) is 0.250. The summed E-state index contributed by atoms with van der Waals surface area (Å²) in [4.78, 5) is 4.40. The third kappa shape index (κ3) is 1.51. The number of hydrogen-bond donors (Lipinski definition) is 0. The Morgan fingerprint density at radius 2 is 2.17 bits per heavy atom. The SMILES string of the molecule is CCc1nnc2c(OC)nc3cc(Cl)ccc3n12. The van der Waals surface area contributed by atoms with E-state index < -0.39 is 0 Å². The number of halogens is 1. The number of fused-ring (bicyclic) bond motifs is 3. The molecule has 0 bridgehead atoms. The lowest BCUT2D eigenvalue weighted by atomic mass is 10.3. The van der Waals surface area contributed by atoms with E-state index in [1.54, 1.807) is 13.2 Å². The zero-order valence-corrected chi connectivity index (χ0v) is 10.8. The third-order valence-electron chi connectivity index (χ3n) is 2.83. The Kier molecular flexibility index (Phi) is 2.56. The van der Waals surface area contributed by atoms with Crippen LogP contribution in [-0.4, -0.2) is 26.7 Å². The minimum Gasteiger partial charge on any atom is -0.478 e. The predicted molar refractivity (Wildman–Crippen MR) is 69.2 cm³/mol. The minimum atomic E-state index is 0.456. The van der Waals surface area contributed by atoms with E-state index in [2.05, 4.69) is 15.2 Å². The molecule has 2 heterocycles. The second-order valence-corrected chi connectivity index (χ2v) is 4.32. The maximum absolute atomic E-state index is 5.99. The van der Waals surface area contributed by atoms with E-state index in [0.717, 1.165) is 23.3 Å². The van der Waals surface area contributed by atoms with Gasteiger partial charge in [-0.2, -0.15) is 0 Å². The Bertz CT molecular complexity index is 738. The summed E-state index contributed by atoms with van der Waals surface area (Å²) in [5.41, 5.74) is 2.32. The fourth-order valence-electron chi connectivity index (χ4n) is 2.01. The number of ether oxygens (including phenoxy) is 1.